The number of nitrogens with zero attached hydrogens (tertiary/aromatic N) is 1. The van der Waals surface area contributed by atoms with Crippen LogP contribution in [0.15, 0.2) is 29.2 Å². The van der Waals surface area contributed by atoms with Gasteiger partial charge in [-0.25, -0.2) is 13.1 Å². The van der Waals surface area contributed by atoms with E-state index in [2.05, 4.69) is 4.72 Å². The number of likely N-dealkylation sites (tertiary alicyclic amines) is 1. The van der Waals surface area contributed by atoms with Gasteiger partial charge in [-0.1, -0.05) is 25.3 Å². The molecule has 3 fully saturated rings. The van der Waals surface area contributed by atoms with E-state index in [0.29, 0.717) is 18.1 Å². The number of benzene rings is 1. The lowest BCUT2D eigenvalue weighted by atomic mass is 9.75. The Balaban J connectivity index is 1.43. The predicted octanol–water partition coefficient (Wildman–Crippen LogP) is 2.80. The van der Waals surface area contributed by atoms with Crippen LogP contribution in [0, 0.1) is 11.8 Å². The molecule has 1 N–H and O–H groups in total. The van der Waals surface area contributed by atoms with Crippen molar-refractivity contribution in [3.8, 4) is 0 Å². The fraction of sp³-hybridized carbons (Fsp3) is 0.667. The third-order valence-corrected chi connectivity index (χ3v) is 7.92. The molecule has 4 rings (SSSR count). The number of ether oxygens (including phenoxy) is 1. The van der Waals surface area contributed by atoms with Crippen LogP contribution in [0.3, 0.4) is 0 Å². The first-order chi connectivity index (χ1) is 13.5. The number of amides is 1. The molecule has 1 saturated carbocycles. The first-order valence-corrected chi connectivity index (χ1v) is 12.0. The summed E-state index contributed by atoms with van der Waals surface area (Å²) in [4.78, 5) is 15.1. The first-order valence-electron chi connectivity index (χ1n) is 10.5. The molecule has 7 heteroatoms. The summed E-state index contributed by atoms with van der Waals surface area (Å²) in [5, 5.41) is 0. The number of nitrogens with one attached hydrogen (secondary N) is 1. The smallest absolute Gasteiger partial charge is 0.253 e. The number of carbonyl (C=O) groups excluding carboxylic acids is 1. The van der Waals surface area contributed by atoms with Crippen LogP contribution in [0.25, 0.3) is 0 Å². The third-order valence-electron chi connectivity index (χ3n) is 6.49. The summed E-state index contributed by atoms with van der Waals surface area (Å²) in [5.41, 5.74) is 0.453. The van der Waals surface area contributed by atoms with Crippen molar-refractivity contribution in [1.82, 2.24) is 9.62 Å². The van der Waals surface area contributed by atoms with Crippen LogP contribution in [0.2, 0.25) is 0 Å². The van der Waals surface area contributed by atoms with Crippen LogP contribution in [-0.2, 0) is 14.8 Å². The van der Waals surface area contributed by atoms with Gasteiger partial charge in [0.25, 0.3) is 5.91 Å². The molecule has 0 bridgehead atoms. The molecule has 0 aromatic heterocycles. The molecule has 3 atom stereocenters. The van der Waals surface area contributed by atoms with E-state index < -0.39 is 10.0 Å². The zero-order valence-corrected chi connectivity index (χ0v) is 17.1. The highest BCUT2D eigenvalue weighted by Gasteiger charge is 2.33. The molecule has 1 aliphatic carbocycles. The molecule has 154 valence electrons. The summed E-state index contributed by atoms with van der Waals surface area (Å²) in [5.74, 6) is 1.30. The Bertz CT molecular complexity index is 804. The van der Waals surface area contributed by atoms with Gasteiger partial charge < -0.3 is 9.64 Å². The lowest BCUT2D eigenvalue weighted by Gasteiger charge is -2.41. The zero-order valence-electron chi connectivity index (χ0n) is 16.3. The lowest BCUT2D eigenvalue weighted by molar-refractivity contribution is 0.0520. The molecule has 1 aromatic rings. The van der Waals surface area contributed by atoms with E-state index in [-0.39, 0.29) is 23.5 Å². The summed E-state index contributed by atoms with van der Waals surface area (Å²) in [6, 6.07) is 6.42. The van der Waals surface area contributed by atoms with Crippen LogP contribution < -0.4 is 4.72 Å². The van der Waals surface area contributed by atoms with Crippen molar-refractivity contribution in [2.45, 2.75) is 55.9 Å². The fourth-order valence-corrected chi connectivity index (χ4v) is 5.97. The molecule has 6 nitrogen and oxygen atoms in total. The zero-order chi connectivity index (χ0) is 19.6. The van der Waals surface area contributed by atoms with Gasteiger partial charge in [-0.2, -0.15) is 0 Å². The number of piperidine rings is 1. The van der Waals surface area contributed by atoms with E-state index in [9.17, 15) is 13.2 Å². The van der Waals surface area contributed by atoms with Gasteiger partial charge in [0.1, 0.15) is 0 Å². The van der Waals surface area contributed by atoms with E-state index in [4.69, 9.17) is 4.74 Å². The number of sulfonamides is 1. The summed E-state index contributed by atoms with van der Waals surface area (Å²) in [6.07, 6.45) is 7.91. The maximum absolute atomic E-state index is 13.0. The van der Waals surface area contributed by atoms with Gasteiger partial charge in [-0.3, -0.25) is 4.79 Å². The Morgan fingerprint density at radius 2 is 1.93 bits per heavy atom. The van der Waals surface area contributed by atoms with Crippen LogP contribution in [0.5, 0.6) is 0 Å². The molecule has 2 heterocycles. The highest BCUT2D eigenvalue weighted by atomic mass is 32.2. The molecule has 0 spiro atoms. The number of rotatable bonds is 5. The SMILES string of the molecule is O=C(c1cccc(S(=O)(=O)NC[C@@H]2CCCO2)c1)N1CC[C@H]2CCCC[C@@H]2C1. The van der Waals surface area contributed by atoms with Gasteiger partial charge in [0.2, 0.25) is 10.0 Å². The van der Waals surface area contributed by atoms with E-state index in [1.165, 1.54) is 31.7 Å². The van der Waals surface area contributed by atoms with Gasteiger partial charge in [0.05, 0.1) is 11.0 Å². The van der Waals surface area contributed by atoms with Crippen molar-refractivity contribution < 1.29 is 17.9 Å². The van der Waals surface area contributed by atoms with Crippen molar-refractivity contribution in [2.75, 3.05) is 26.2 Å². The van der Waals surface area contributed by atoms with E-state index in [0.717, 1.165) is 38.3 Å². The van der Waals surface area contributed by atoms with Crippen molar-refractivity contribution in [3.05, 3.63) is 29.8 Å². The average molecular weight is 407 g/mol. The normalized spacial score (nSPS) is 28.1. The minimum Gasteiger partial charge on any atom is -0.377 e. The second-order valence-electron chi connectivity index (χ2n) is 8.36. The summed E-state index contributed by atoms with van der Waals surface area (Å²) >= 11 is 0. The molecule has 3 aliphatic rings. The Kier molecular flexibility index (Phi) is 6.04. The van der Waals surface area contributed by atoms with E-state index >= 15 is 0 Å². The molecule has 0 radical (unpaired) electrons. The van der Waals surface area contributed by atoms with Gasteiger partial charge in [0, 0.05) is 31.8 Å². The second kappa shape index (κ2) is 8.51. The molecule has 28 heavy (non-hydrogen) atoms. The van der Waals surface area contributed by atoms with Crippen LogP contribution in [0.1, 0.15) is 55.3 Å². The summed E-state index contributed by atoms with van der Waals surface area (Å²) in [7, 11) is -3.65. The third kappa shape index (κ3) is 4.42. The fourth-order valence-electron chi connectivity index (χ4n) is 4.86. The van der Waals surface area contributed by atoms with E-state index in [1.807, 2.05) is 4.90 Å². The topological polar surface area (TPSA) is 75.7 Å². The average Bonchev–Trinajstić information content (AvgIpc) is 3.25. The van der Waals surface area contributed by atoms with Crippen LogP contribution >= 0.6 is 0 Å². The quantitative estimate of drug-likeness (QED) is 0.816. The molecule has 1 aromatic carbocycles. The van der Waals surface area contributed by atoms with Crippen molar-refractivity contribution in [3.63, 3.8) is 0 Å². The van der Waals surface area contributed by atoms with Gasteiger partial charge in [-0.05, 0) is 55.7 Å². The van der Waals surface area contributed by atoms with Crippen LogP contribution in [-0.4, -0.2) is 51.6 Å². The maximum atomic E-state index is 13.0. The highest BCUT2D eigenvalue weighted by Crippen LogP contribution is 2.36. The predicted molar refractivity (Wildman–Crippen MR) is 107 cm³/mol. The largest absolute Gasteiger partial charge is 0.377 e. The van der Waals surface area contributed by atoms with E-state index in [1.54, 1.807) is 18.2 Å². The molecular formula is C21H30N2O4S. The van der Waals surface area contributed by atoms with Crippen molar-refractivity contribution in [1.29, 1.82) is 0 Å². The minimum absolute atomic E-state index is 0.0554. The first kappa shape index (κ1) is 19.9. The Hall–Kier alpha value is -1.44. The van der Waals surface area contributed by atoms with Gasteiger partial charge >= 0.3 is 0 Å². The molecular weight excluding hydrogens is 376 g/mol. The molecule has 2 saturated heterocycles. The van der Waals surface area contributed by atoms with Crippen molar-refractivity contribution >= 4 is 15.9 Å². The Morgan fingerprint density at radius 1 is 1.11 bits per heavy atom. The minimum atomic E-state index is -3.65. The number of carbonyl (C=O) groups is 1. The molecule has 2 aliphatic heterocycles. The number of hydrogen-bond donors (Lipinski definition) is 1. The van der Waals surface area contributed by atoms with Crippen molar-refractivity contribution in [2.24, 2.45) is 11.8 Å². The standard InChI is InChI=1S/C21H30N2O4S/c24-21(23-11-10-16-5-1-2-6-18(16)15-23)17-7-3-9-20(13-17)28(25,26)22-14-19-8-4-12-27-19/h3,7,9,13,16,18-19,22H,1-2,4-6,8,10-12,14-15H2/t16-,18-,19+/m1/s1. The van der Waals surface area contributed by atoms with Crippen LogP contribution in [0.4, 0.5) is 0 Å². The number of hydrogen-bond acceptors (Lipinski definition) is 4. The summed E-state index contributed by atoms with van der Waals surface area (Å²) in [6.45, 7) is 2.54. The van der Waals surface area contributed by atoms with Gasteiger partial charge in [-0.15, -0.1) is 0 Å². The summed E-state index contributed by atoms with van der Waals surface area (Å²) < 4.78 is 33.4. The lowest BCUT2D eigenvalue weighted by Crippen LogP contribution is -2.44. The second-order valence-corrected chi connectivity index (χ2v) is 10.1. The van der Waals surface area contributed by atoms with Gasteiger partial charge in [0.15, 0.2) is 0 Å². The molecule has 1 amide bonds. The molecule has 0 unspecified atom stereocenters. The maximum Gasteiger partial charge on any atom is 0.253 e. The highest BCUT2D eigenvalue weighted by molar-refractivity contribution is 7.89. The Morgan fingerprint density at radius 3 is 2.71 bits per heavy atom. The monoisotopic (exact) mass is 406 g/mol. The number of fused-ring (bicyclic) bond motifs is 1. The Labute approximate surface area is 167 Å².